The van der Waals surface area contributed by atoms with Crippen molar-refractivity contribution < 1.29 is 13.0 Å². The first kappa shape index (κ1) is 14.9. The molecule has 3 N–H and O–H groups in total. The Morgan fingerprint density at radius 1 is 1.43 bits per heavy atom. The van der Waals surface area contributed by atoms with Crippen LogP contribution < -0.4 is 5.32 Å². The van der Waals surface area contributed by atoms with Crippen molar-refractivity contribution in [1.82, 2.24) is 15.3 Å². The molecule has 0 saturated carbocycles. The van der Waals surface area contributed by atoms with Crippen molar-refractivity contribution in [2.45, 2.75) is 0 Å². The number of aromatic amines is 1. The zero-order valence-electron chi connectivity index (χ0n) is 11.0. The molecule has 0 bridgehead atoms. The number of hydrogen-bond acceptors (Lipinski definition) is 4. The molecule has 7 nitrogen and oxygen atoms in total. The maximum Gasteiger partial charge on any atom is 0.328 e. The van der Waals surface area contributed by atoms with Crippen LogP contribution in [0.15, 0.2) is 54.4 Å². The number of rotatable bonds is 4. The Morgan fingerprint density at radius 2 is 2.14 bits per heavy atom. The Morgan fingerprint density at radius 3 is 2.67 bits per heavy atom. The summed E-state index contributed by atoms with van der Waals surface area (Å²) in [6, 6.07) is 6.77. The first-order valence-corrected chi connectivity index (χ1v) is 7.45. The Labute approximate surface area is 122 Å². The highest BCUT2D eigenvalue weighted by Crippen LogP contribution is 2.20. The lowest BCUT2D eigenvalue weighted by Crippen LogP contribution is -2.30. The fourth-order valence-corrected chi connectivity index (χ4v) is 2.08. The highest BCUT2D eigenvalue weighted by atomic mass is 32.2. The van der Waals surface area contributed by atoms with Gasteiger partial charge in [-0.05, 0) is 12.1 Å². The van der Waals surface area contributed by atoms with E-state index in [2.05, 4.69) is 26.9 Å². The zero-order chi connectivity index (χ0) is 15.3. The Balaban J connectivity index is 2.28. The fraction of sp³-hybridized carbons (Fsp3) is 0.0769. The van der Waals surface area contributed by atoms with E-state index < -0.39 is 15.3 Å². The van der Waals surface area contributed by atoms with Crippen molar-refractivity contribution in [1.29, 1.82) is 0 Å². The number of amidine groups is 1. The van der Waals surface area contributed by atoms with E-state index >= 15 is 0 Å². The Bertz CT molecular complexity index is 734. The van der Waals surface area contributed by atoms with Crippen LogP contribution in [0, 0.1) is 0 Å². The summed E-state index contributed by atoms with van der Waals surface area (Å²) in [7, 11) is -4.41. The smallest absolute Gasteiger partial charge is 0.328 e. The summed E-state index contributed by atoms with van der Waals surface area (Å²) in [5.74, 6) is 0. The van der Waals surface area contributed by atoms with E-state index in [-0.39, 0.29) is 6.54 Å². The van der Waals surface area contributed by atoms with E-state index in [4.69, 9.17) is 4.55 Å². The largest absolute Gasteiger partial charge is 0.355 e. The number of nitrogens with zero attached hydrogens (tertiary/aromatic N) is 2. The molecular weight excluding hydrogens is 292 g/mol. The number of H-pyrrole nitrogens is 1. The van der Waals surface area contributed by atoms with Gasteiger partial charge in [0.25, 0.3) is 0 Å². The van der Waals surface area contributed by atoms with Crippen LogP contribution in [-0.2, 0) is 10.1 Å². The molecule has 0 spiro atoms. The van der Waals surface area contributed by atoms with Gasteiger partial charge in [-0.2, -0.15) is 8.42 Å². The number of aliphatic imine (C=N–C) groups is 1. The minimum Gasteiger partial charge on any atom is -0.355 e. The van der Waals surface area contributed by atoms with Gasteiger partial charge in [0.2, 0.25) is 5.17 Å². The van der Waals surface area contributed by atoms with Crippen LogP contribution in [0.1, 0.15) is 0 Å². The molecule has 0 aliphatic carbocycles. The molecule has 0 atom stereocenters. The highest BCUT2D eigenvalue weighted by molar-refractivity contribution is 8.01. The van der Waals surface area contributed by atoms with Crippen LogP contribution in [0.25, 0.3) is 11.3 Å². The van der Waals surface area contributed by atoms with Crippen molar-refractivity contribution >= 4 is 21.0 Å². The van der Waals surface area contributed by atoms with Crippen LogP contribution in [0.3, 0.4) is 0 Å². The fourth-order valence-electron chi connectivity index (χ4n) is 1.59. The maximum atomic E-state index is 11.2. The van der Waals surface area contributed by atoms with E-state index in [1.807, 2.05) is 0 Å². The molecule has 21 heavy (non-hydrogen) atoms. The predicted octanol–water partition coefficient (Wildman–Crippen LogP) is 1.73. The van der Waals surface area contributed by atoms with Gasteiger partial charge in [-0.3, -0.25) is 4.55 Å². The Kier molecular flexibility index (Phi) is 4.51. The van der Waals surface area contributed by atoms with Gasteiger partial charge in [-0.25, -0.2) is 9.98 Å². The summed E-state index contributed by atoms with van der Waals surface area (Å²) in [5, 5.41) is 1.96. The van der Waals surface area contributed by atoms with E-state index in [9.17, 15) is 8.42 Å². The number of benzene rings is 1. The molecule has 0 unspecified atom stereocenters. The molecule has 0 fully saturated rings. The summed E-state index contributed by atoms with van der Waals surface area (Å²) >= 11 is 0. The number of imidazole rings is 1. The summed E-state index contributed by atoms with van der Waals surface area (Å²) in [6.45, 7) is 3.63. The molecule has 0 aliphatic rings. The number of aromatic nitrogens is 2. The molecule has 0 aliphatic heterocycles. The van der Waals surface area contributed by atoms with Gasteiger partial charge in [0, 0.05) is 18.3 Å². The van der Waals surface area contributed by atoms with Gasteiger partial charge >= 0.3 is 10.1 Å². The average Bonchev–Trinajstić information content (AvgIpc) is 2.97. The van der Waals surface area contributed by atoms with Crippen molar-refractivity contribution in [3.05, 3.63) is 49.4 Å². The van der Waals surface area contributed by atoms with Crippen LogP contribution in [0.5, 0.6) is 0 Å². The second kappa shape index (κ2) is 6.33. The topological polar surface area (TPSA) is 107 Å². The standard InChI is InChI=1S/C13H14N4O3S/c1-2-7-15-13(21(18,19)20)17-11-5-3-10(4-6-11)12-8-14-9-16-12/h2-6,8-9H,1,7H2,(H,14,16)(H,15,17)(H,18,19,20). The van der Waals surface area contributed by atoms with Crippen LogP contribution >= 0.6 is 0 Å². The number of nitrogens with one attached hydrogen (secondary N) is 2. The van der Waals surface area contributed by atoms with E-state index in [0.717, 1.165) is 11.3 Å². The molecule has 8 heteroatoms. The minimum atomic E-state index is -4.41. The monoisotopic (exact) mass is 306 g/mol. The molecule has 1 heterocycles. The minimum absolute atomic E-state index is 0.171. The predicted molar refractivity (Wildman–Crippen MR) is 80.9 cm³/mol. The third-order valence-electron chi connectivity index (χ3n) is 2.53. The van der Waals surface area contributed by atoms with E-state index in [0.29, 0.717) is 5.69 Å². The van der Waals surface area contributed by atoms with Gasteiger partial charge in [0.05, 0.1) is 17.7 Å². The molecule has 0 amide bonds. The van der Waals surface area contributed by atoms with Gasteiger partial charge in [-0.1, -0.05) is 18.2 Å². The van der Waals surface area contributed by atoms with Gasteiger partial charge in [0.1, 0.15) is 0 Å². The summed E-state index contributed by atoms with van der Waals surface area (Å²) in [4.78, 5) is 10.8. The van der Waals surface area contributed by atoms with Gasteiger partial charge < -0.3 is 10.3 Å². The summed E-state index contributed by atoms with van der Waals surface area (Å²) in [6.07, 6.45) is 4.77. The molecule has 0 radical (unpaired) electrons. The molecule has 1 aromatic carbocycles. The summed E-state index contributed by atoms with van der Waals surface area (Å²) in [5.41, 5.74) is 2.02. The van der Waals surface area contributed by atoms with Crippen molar-refractivity contribution in [3.63, 3.8) is 0 Å². The van der Waals surface area contributed by atoms with E-state index in [1.54, 1.807) is 36.8 Å². The van der Waals surface area contributed by atoms with Crippen molar-refractivity contribution in [3.8, 4) is 11.3 Å². The molecule has 2 aromatic rings. The van der Waals surface area contributed by atoms with Gasteiger partial charge in [0.15, 0.2) is 0 Å². The molecule has 1 aromatic heterocycles. The van der Waals surface area contributed by atoms with Gasteiger partial charge in [-0.15, -0.1) is 6.58 Å². The molecule has 110 valence electrons. The van der Waals surface area contributed by atoms with Crippen LogP contribution in [-0.4, -0.2) is 34.7 Å². The summed E-state index contributed by atoms with van der Waals surface area (Å²) < 4.78 is 31.5. The first-order valence-electron chi connectivity index (χ1n) is 6.01. The van der Waals surface area contributed by atoms with E-state index in [1.165, 1.54) is 6.08 Å². The number of hydrogen-bond donors (Lipinski definition) is 3. The van der Waals surface area contributed by atoms with Crippen LogP contribution in [0.4, 0.5) is 5.69 Å². The highest BCUT2D eigenvalue weighted by Gasteiger charge is 2.15. The molecule has 2 rings (SSSR count). The third kappa shape index (κ3) is 4.01. The third-order valence-corrected chi connectivity index (χ3v) is 3.26. The van der Waals surface area contributed by atoms with Crippen molar-refractivity contribution in [2.75, 3.05) is 6.54 Å². The average molecular weight is 306 g/mol. The normalized spacial score (nSPS) is 12.1. The lowest BCUT2D eigenvalue weighted by atomic mass is 10.1. The first-order chi connectivity index (χ1) is 10.0. The quantitative estimate of drug-likeness (QED) is 0.345. The van der Waals surface area contributed by atoms with Crippen LogP contribution in [0.2, 0.25) is 0 Å². The SMILES string of the molecule is C=CCN/C(=N\c1ccc(-c2c[nH]cn2)cc1)S(=O)(=O)O. The lowest BCUT2D eigenvalue weighted by molar-refractivity contribution is 0.496. The lowest BCUT2D eigenvalue weighted by Gasteiger charge is -2.05. The second-order valence-corrected chi connectivity index (χ2v) is 5.40. The second-order valence-electron chi connectivity index (χ2n) is 4.06. The zero-order valence-corrected chi connectivity index (χ0v) is 11.8. The molecule has 0 saturated heterocycles. The maximum absolute atomic E-state index is 11.2. The molecular formula is C13H14N4O3S. The van der Waals surface area contributed by atoms with Crippen molar-refractivity contribution in [2.24, 2.45) is 4.99 Å². The Hall–Kier alpha value is -2.45.